The molecule has 1 aliphatic rings. The predicted molar refractivity (Wildman–Crippen MR) is 129 cm³/mol. The van der Waals surface area contributed by atoms with E-state index in [4.69, 9.17) is 11.6 Å². The zero-order valence-electron chi connectivity index (χ0n) is 17.7. The number of piperidine rings is 1. The summed E-state index contributed by atoms with van der Waals surface area (Å²) < 4.78 is 16.1. The fraction of sp³-hybridized carbons (Fsp3) is 0.429. The molecule has 0 radical (unpaired) electrons. The van der Waals surface area contributed by atoms with Crippen LogP contribution in [0.1, 0.15) is 39.2 Å². The van der Waals surface area contributed by atoms with Crippen molar-refractivity contribution in [3.63, 3.8) is 0 Å². The van der Waals surface area contributed by atoms with Crippen molar-refractivity contribution in [1.82, 2.24) is 14.5 Å². The Labute approximate surface area is 198 Å². The maximum absolute atomic E-state index is 14.0. The lowest BCUT2D eigenvalue weighted by molar-refractivity contribution is -0.113. The van der Waals surface area contributed by atoms with Crippen LogP contribution in [0.5, 0.6) is 0 Å². The summed E-state index contributed by atoms with van der Waals surface area (Å²) in [6, 6.07) is 3.91. The first-order chi connectivity index (χ1) is 15.3. The SMILES string of the molecule is CC(C)n1c(SCC(=O)Nc2ccc(Cl)cc2F)nc2nc(N3CCCCC3)sc2c1=O. The quantitative estimate of drug-likeness (QED) is 0.385. The summed E-state index contributed by atoms with van der Waals surface area (Å²) in [5.41, 5.74) is 0.303. The molecule has 1 fully saturated rings. The van der Waals surface area contributed by atoms with Crippen LogP contribution in [-0.2, 0) is 4.79 Å². The zero-order valence-corrected chi connectivity index (χ0v) is 20.1. The van der Waals surface area contributed by atoms with Crippen LogP contribution in [0.3, 0.4) is 0 Å². The molecule has 0 spiro atoms. The topological polar surface area (TPSA) is 80.1 Å². The number of rotatable bonds is 6. The molecule has 170 valence electrons. The van der Waals surface area contributed by atoms with E-state index >= 15 is 0 Å². The van der Waals surface area contributed by atoms with Crippen LogP contribution in [0.4, 0.5) is 15.2 Å². The first kappa shape index (κ1) is 23.0. The number of nitrogens with zero attached hydrogens (tertiary/aromatic N) is 4. The molecule has 3 heterocycles. The van der Waals surface area contributed by atoms with Gasteiger partial charge in [0.15, 0.2) is 15.9 Å². The van der Waals surface area contributed by atoms with Gasteiger partial charge in [0.2, 0.25) is 5.91 Å². The normalized spacial score (nSPS) is 14.3. The Hall–Kier alpha value is -2.17. The molecule has 1 saturated heterocycles. The number of nitrogens with one attached hydrogen (secondary N) is 1. The van der Waals surface area contributed by atoms with Gasteiger partial charge in [-0.25, -0.2) is 9.37 Å². The number of aromatic nitrogens is 3. The molecular formula is C21H23ClFN5O2S2. The molecule has 3 aromatic rings. The van der Waals surface area contributed by atoms with E-state index in [-0.39, 0.29) is 28.1 Å². The van der Waals surface area contributed by atoms with Gasteiger partial charge in [-0.05, 0) is 51.3 Å². The fourth-order valence-electron chi connectivity index (χ4n) is 3.54. The summed E-state index contributed by atoms with van der Waals surface area (Å²) in [6.45, 7) is 5.66. The van der Waals surface area contributed by atoms with Crippen molar-refractivity contribution in [1.29, 1.82) is 0 Å². The summed E-state index contributed by atoms with van der Waals surface area (Å²) in [4.78, 5) is 37.0. The molecule has 1 aliphatic heterocycles. The Kier molecular flexibility index (Phi) is 7.02. The largest absolute Gasteiger partial charge is 0.348 e. The average molecular weight is 496 g/mol. The third-order valence-electron chi connectivity index (χ3n) is 5.10. The lowest BCUT2D eigenvalue weighted by Gasteiger charge is -2.25. The first-order valence-electron chi connectivity index (χ1n) is 10.4. The van der Waals surface area contributed by atoms with Gasteiger partial charge >= 0.3 is 0 Å². The van der Waals surface area contributed by atoms with Crippen LogP contribution in [0.2, 0.25) is 5.02 Å². The minimum absolute atomic E-state index is 0.0319. The van der Waals surface area contributed by atoms with Crippen molar-refractivity contribution < 1.29 is 9.18 Å². The fourth-order valence-corrected chi connectivity index (χ4v) is 5.61. The van der Waals surface area contributed by atoms with Gasteiger partial charge in [-0.1, -0.05) is 34.7 Å². The van der Waals surface area contributed by atoms with E-state index in [9.17, 15) is 14.0 Å². The molecule has 0 atom stereocenters. The standard InChI is InChI=1S/C21H23ClFN5O2S2/c1-12(2)28-19(30)17-18(25-20(32-17)27-8-4-3-5-9-27)26-21(28)31-11-16(29)24-15-7-6-13(22)10-14(15)23/h6-7,10,12H,3-5,8-9,11H2,1-2H3,(H,24,29). The number of halogens is 2. The first-order valence-corrected chi connectivity index (χ1v) is 12.6. The number of hydrogen-bond donors (Lipinski definition) is 1. The summed E-state index contributed by atoms with van der Waals surface area (Å²) >= 11 is 8.26. The number of carbonyl (C=O) groups excluding carboxylic acids is 1. The van der Waals surface area contributed by atoms with Crippen molar-refractivity contribution in [2.75, 3.05) is 29.1 Å². The van der Waals surface area contributed by atoms with Crippen LogP contribution < -0.4 is 15.8 Å². The summed E-state index contributed by atoms with van der Waals surface area (Å²) in [5.74, 6) is -1.05. The minimum atomic E-state index is -0.609. The van der Waals surface area contributed by atoms with Gasteiger partial charge < -0.3 is 10.2 Å². The zero-order chi connectivity index (χ0) is 22.8. The van der Waals surface area contributed by atoms with Gasteiger partial charge in [-0.3, -0.25) is 14.2 Å². The Bertz CT molecular complexity index is 1210. The lowest BCUT2D eigenvalue weighted by Crippen LogP contribution is -2.29. The third-order valence-corrected chi connectivity index (χ3v) is 7.38. The van der Waals surface area contributed by atoms with Gasteiger partial charge in [0.1, 0.15) is 10.5 Å². The highest BCUT2D eigenvalue weighted by Gasteiger charge is 2.21. The minimum Gasteiger partial charge on any atom is -0.348 e. The number of anilines is 2. The molecule has 1 amide bonds. The third kappa shape index (κ3) is 4.92. The molecule has 1 N–H and O–H groups in total. The van der Waals surface area contributed by atoms with Crippen LogP contribution in [-0.4, -0.2) is 39.3 Å². The maximum atomic E-state index is 14.0. The highest BCUT2D eigenvalue weighted by molar-refractivity contribution is 7.99. The second-order valence-corrected chi connectivity index (χ2v) is 10.2. The van der Waals surface area contributed by atoms with Crippen molar-refractivity contribution in [3.8, 4) is 0 Å². The molecule has 7 nitrogen and oxygen atoms in total. The molecule has 1 aromatic carbocycles. The summed E-state index contributed by atoms with van der Waals surface area (Å²) in [7, 11) is 0. The van der Waals surface area contributed by atoms with E-state index in [1.54, 1.807) is 4.57 Å². The molecule has 0 bridgehead atoms. The van der Waals surface area contributed by atoms with Gasteiger partial charge in [0.25, 0.3) is 5.56 Å². The van der Waals surface area contributed by atoms with E-state index in [0.29, 0.717) is 15.5 Å². The van der Waals surface area contributed by atoms with E-state index in [2.05, 4.69) is 20.2 Å². The number of hydrogen-bond acceptors (Lipinski definition) is 7. The number of carbonyl (C=O) groups is 1. The van der Waals surface area contributed by atoms with Crippen LogP contribution >= 0.6 is 34.7 Å². The lowest BCUT2D eigenvalue weighted by atomic mass is 10.1. The monoisotopic (exact) mass is 495 g/mol. The second kappa shape index (κ2) is 9.76. The number of benzene rings is 1. The highest BCUT2D eigenvalue weighted by atomic mass is 35.5. The molecular weight excluding hydrogens is 473 g/mol. The highest BCUT2D eigenvalue weighted by Crippen LogP contribution is 2.30. The van der Waals surface area contributed by atoms with E-state index in [0.717, 1.165) is 48.9 Å². The number of thioether (sulfide) groups is 1. The summed E-state index contributed by atoms with van der Waals surface area (Å²) in [5, 5.41) is 4.01. The molecule has 11 heteroatoms. The average Bonchev–Trinajstić information content (AvgIpc) is 3.19. The molecule has 0 saturated carbocycles. The molecule has 2 aromatic heterocycles. The van der Waals surface area contributed by atoms with E-state index < -0.39 is 11.7 Å². The van der Waals surface area contributed by atoms with Gasteiger partial charge in [0, 0.05) is 24.2 Å². The van der Waals surface area contributed by atoms with Crippen molar-refractivity contribution in [3.05, 3.63) is 39.4 Å². The Morgan fingerprint density at radius 2 is 2.03 bits per heavy atom. The smallest absolute Gasteiger partial charge is 0.274 e. The Balaban J connectivity index is 1.57. The van der Waals surface area contributed by atoms with E-state index in [1.165, 1.54) is 29.9 Å². The number of amides is 1. The maximum Gasteiger partial charge on any atom is 0.274 e. The number of thiazole rings is 1. The molecule has 0 unspecified atom stereocenters. The van der Waals surface area contributed by atoms with Crippen molar-refractivity contribution >= 4 is 61.8 Å². The molecule has 0 aliphatic carbocycles. The molecule has 4 rings (SSSR count). The molecule has 32 heavy (non-hydrogen) atoms. The van der Waals surface area contributed by atoms with Gasteiger partial charge in [0.05, 0.1) is 11.4 Å². The Morgan fingerprint density at radius 1 is 1.28 bits per heavy atom. The predicted octanol–water partition coefficient (Wildman–Crippen LogP) is 4.95. The van der Waals surface area contributed by atoms with Crippen LogP contribution in [0, 0.1) is 5.82 Å². The van der Waals surface area contributed by atoms with Gasteiger partial charge in [-0.15, -0.1) is 0 Å². The summed E-state index contributed by atoms with van der Waals surface area (Å²) in [6.07, 6.45) is 3.44. The van der Waals surface area contributed by atoms with E-state index in [1.807, 2.05) is 13.8 Å². The Morgan fingerprint density at radius 3 is 2.72 bits per heavy atom. The van der Waals surface area contributed by atoms with Crippen LogP contribution in [0.25, 0.3) is 10.3 Å². The number of fused-ring (bicyclic) bond motifs is 1. The van der Waals surface area contributed by atoms with Crippen molar-refractivity contribution in [2.24, 2.45) is 0 Å². The van der Waals surface area contributed by atoms with Crippen molar-refractivity contribution in [2.45, 2.75) is 44.3 Å². The van der Waals surface area contributed by atoms with Crippen LogP contribution in [0.15, 0.2) is 28.2 Å². The van der Waals surface area contributed by atoms with Gasteiger partial charge in [-0.2, -0.15) is 4.98 Å². The second-order valence-electron chi connectivity index (χ2n) is 7.82.